The van der Waals surface area contributed by atoms with Gasteiger partial charge in [-0.1, -0.05) is 48.5 Å². The molecule has 0 saturated heterocycles. The fourth-order valence-electron chi connectivity index (χ4n) is 4.18. The van der Waals surface area contributed by atoms with Gasteiger partial charge in [0.05, 0.1) is 24.3 Å². The van der Waals surface area contributed by atoms with Crippen LogP contribution in [0, 0.1) is 0 Å². The summed E-state index contributed by atoms with van der Waals surface area (Å²) in [5, 5.41) is 0. The predicted molar refractivity (Wildman–Crippen MR) is 103 cm³/mol. The number of rotatable bonds is 7. The van der Waals surface area contributed by atoms with Gasteiger partial charge in [0.15, 0.2) is 0 Å². The van der Waals surface area contributed by atoms with Gasteiger partial charge in [0.1, 0.15) is 0 Å². The maximum absolute atomic E-state index is 6.31. The van der Waals surface area contributed by atoms with Gasteiger partial charge in [0.2, 0.25) is 0 Å². The monoisotopic (exact) mass is 352 g/mol. The summed E-state index contributed by atoms with van der Waals surface area (Å²) in [4.78, 5) is 0. The minimum absolute atomic E-state index is 0.00237. The number of ether oxygens (including phenoxy) is 2. The third kappa shape index (κ3) is 3.55. The van der Waals surface area contributed by atoms with Gasteiger partial charge in [-0.15, -0.1) is 0 Å². The van der Waals surface area contributed by atoms with Gasteiger partial charge in [0.25, 0.3) is 0 Å². The van der Waals surface area contributed by atoms with E-state index in [1.54, 1.807) is 0 Å². The van der Waals surface area contributed by atoms with Crippen molar-refractivity contribution in [3.05, 3.63) is 70.8 Å². The lowest BCUT2D eigenvalue weighted by Gasteiger charge is -2.18. The molecule has 2 aromatic rings. The Morgan fingerprint density at radius 1 is 0.692 bits per heavy atom. The molecule has 0 amide bonds. The lowest BCUT2D eigenvalue weighted by molar-refractivity contribution is 0.0208. The minimum Gasteiger partial charge on any atom is -0.376 e. The van der Waals surface area contributed by atoms with Crippen LogP contribution in [0.4, 0.5) is 0 Å². The summed E-state index contributed by atoms with van der Waals surface area (Å²) >= 11 is 0. The number of unbranched alkanes of at least 4 members (excludes halogenated alkanes) is 1. The first kappa shape index (κ1) is 17.7. The van der Waals surface area contributed by atoms with Gasteiger partial charge >= 0.3 is 0 Å². The highest BCUT2D eigenvalue weighted by atomic mass is 16.5. The molecule has 2 aliphatic carbocycles. The van der Waals surface area contributed by atoms with Gasteiger partial charge in [-0.05, 0) is 35.1 Å². The standard InChI is InChI=1S/C22H28N2O2/c23-21-17-9-3-1-7-15(17)13-19(21)25-11-5-6-12-26-20-14-16-8-2-4-10-18(16)22(20)24/h1-4,7-10,19-22H,5-6,11-14,23-24H2/t19-,20-,21+,22+/m1/s1. The second kappa shape index (κ2) is 7.89. The fraction of sp³-hybridized carbons (Fsp3) is 0.455. The summed E-state index contributed by atoms with van der Waals surface area (Å²) in [6.45, 7) is 1.46. The van der Waals surface area contributed by atoms with E-state index in [0.29, 0.717) is 0 Å². The minimum atomic E-state index is -0.00237. The molecule has 0 aromatic heterocycles. The molecule has 0 heterocycles. The van der Waals surface area contributed by atoms with Gasteiger partial charge in [-0.3, -0.25) is 0 Å². The molecule has 0 saturated carbocycles. The zero-order valence-corrected chi connectivity index (χ0v) is 15.1. The van der Waals surface area contributed by atoms with Crippen molar-refractivity contribution in [2.75, 3.05) is 13.2 Å². The van der Waals surface area contributed by atoms with Crippen LogP contribution in [0.2, 0.25) is 0 Å². The molecule has 4 nitrogen and oxygen atoms in total. The smallest absolute Gasteiger partial charge is 0.0808 e. The average molecular weight is 352 g/mol. The topological polar surface area (TPSA) is 70.5 Å². The Hall–Kier alpha value is -1.72. The Morgan fingerprint density at radius 3 is 1.54 bits per heavy atom. The Balaban J connectivity index is 1.14. The zero-order valence-electron chi connectivity index (χ0n) is 15.1. The highest BCUT2D eigenvalue weighted by Gasteiger charge is 2.30. The molecule has 0 bridgehead atoms. The van der Waals surface area contributed by atoms with Crippen molar-refractivity contribution in [1.29, 1.82) is 0 Å². The van der Waals surface area contributed by atoms with Crippen molar-refractivity contribution < 1.29 is 9.47 Å². The Labute approximate surface area is 155 Å². The fourth-order valence-corrected chi connectivity index (χ4v) is 4.18. The van der Waals surface area contributed by atoms with E-state index in [4.69, 9.17) is 20.9 Å². The van der Waals surface area contributed by atoms with E-state index in [2.05, 4.69) is 36.4 Å². The van der Waals surface area contributed by atoms with Crippen LogP contribution in [0.3, 0.4) is 0 Å². The maximum atomic E-state index is 6.31. The van der Waals surface area contributed by atoms with Gasteiger partial charge in [-0.25, -0.2) is 0 Å². The zero-order chi connectivity index (χ0) is 17.9. The average Bonchev–Trinajstić information content (AvgIpc) is 3.16. The molecule has 4 N–H and O–H groups in total. The lowest BCUT2D eigenvalue weighted by atomic mass is 10.1. The summed E-state index contributed by atoms with van der Waals surface area (Å²) in [5.74, 6) is 0. The summed E-state index contributed by atoms with van der Waals surface area (Å²) in [6, 6.07) is 16.7. The lowest BCUT2D eigenvalue weighted by Crippen LogP contribution is -2.26. The normalized spacial score (nSPS) is 26.7. The van der Waals surface area contributed by atoms with Crippen LogP contribution >= 0.6 is 0 Å². The van der Waals surface area contributed by atoms with E-state index in [1.165, 1.54) is 22.3 Å². The molecule has 26 heavy (non-hydrogen) atoms. The van der Waals surface area contributed by atoms with Crippen LogP contribution < -0.4 is 11.5 Å². The quantitative estimate of drug-likeness (QED) is 0.752. The predicted octanol–water partition coefficient (Wildman–Crippen LogP) is 3.05. The van der Waals surface area contributed by atoms with Crippen molar-refractivity contribution in [3.8, 4) is 0 Å². The molecule has 2 aliphatic rings. The number of hydrogen-bond acceptors (Lipinski definition) is 4. The third-order valence-electron chi connectivity index (χ3n) is 5.67. The van der Waals surface area contributed by atoms with Crippen molar-refractivity contribution >= 4 is 0 Å². The summed E-state index contributed by atoms with van der Waals surface area (Å²) in [6.07, 6.45) is 4.01. The van der Waals surface area contributed by atoms with Crippen molar-refractivity contribution in [2.45, 2.75) is 50.0 Å². The van der Waals surface area contributed by atoms with Crippen LogP contribution in [0.25, 0.3) is 0 Å². The van der Waals surface area contributed by atoms with Crippen LogP contribution in [0.15, 0.2) is 48.5 Å². The summed E-state index contributed by atoms with van der Waals surface area (Å²) in [7, 11) is 0. The van der Waals surface area contributed by atoms with E-state index >= 15 is 0 Å². The van der Waals surface area contributed by atoms with E-state index < -0.39 is 0 Å². The van der Waals surface area contributed by atoms with Crippen LogP contribution in [0.5, 0.6) is 0 Å². The van der Waals surface area contributed by atoms with E-state index in [0.717, 1.165) is 38.9 Å². The highest BCUT2D eigenvalue weighted by molar-refractivity contribution is 5.36. The molecule has 4 atom stereocenters. The molecular weight excluding hydrogens is 324 g/mol. The second-order valence-corrected chi connectivity index (χ2v) is 7.38. The van der Waals surface area contributed by atoms with Crippen molar-refractivity contribution in [1.82, 2.24) is 0 Å². The van der Waals surface area contributed by atoms with Crippen LogP contribution in [-0.4, -0.2) is 25.4 Å². The van der Waals surface area contributed by atoms with Crippen molar-refractivity contribution in [2.24, 2.45) is 11.5 Å². The molecule has 0 unspecified atom stereocenters. The van der Waals surface area contributed by atoms with Gasteiger partial charge in [0, 0.05) is 26.1 Å². The molecule has 2 aromatic carbocycles. The summed E-state index contributed by atoms with van der Waals surface area (Å²) < 4.78 is 12.1. The molecule has 0 aliphatic heterocycles. The highest BCUT2D eigenvalue weighted by Crippen LogP contribution is 2.32. The number of benzene rings is 2. The first-order valence-corrected chi connectivity index (χ1v) is 9.64. The Bertz CT molecular complexity index is 685. The second-order valence-electron chi connectivity index (χ2n) is 7.38. The van der Waals surface area contributed by atoms with Crippen molar-refractivity contribution in [3.63, 3.8) is 0 Å². The maximum Gasteiger partial charge on any atom is 0.0808 e. The summed E-state index contributed by atoms with van der Waals surface area (Å²) in [5.41, 5.74) is 17.7. The van der Waals surface area contributed by atoms with E-state index in [1.807, 2.05) is 12.1 Å². The molecule has 0 spiro atoms. The molecular formula is C22H28N2O2. The Kier molecular flexibility index (Phi) is 5.36. The largest absolute Gasteiger partial charge is 0.376 e. The SMILES string of the molecule is N[C@H]1c2ccccc2C[C@H]1OCCCCO[C@@H]1Cc2ccccc2[C@@H]1N. The number of hydrogen-bond donors (Lipinski definition) is 2. The molecule has 4 heteroatoms. The number of fused-ring (bicyclic) bond motifs is 2. The first-order chi connectivity index (χ1) is 12.7. The third-order valence-corrected chi connectivity index (χ3v) is 5.67. The molecule has 138 valence electrons. The molecule has 0 fully saturated rings. The van der Waals surface area contributed by atoms with E-state index in [9.17, 15) is 0 Å². The van der Waals surface area contributed by atoms with Crippen LogP contribution in [0.1, 0.15) is 47.2 Å². The van der Waals surface area contributed by atoms with Gasteiger partial charge in [-0.2, -0.15) is 0 Å². The van der Waals surface area contributed by atoms with Crippen LogP contribution in [-0.2, 0) is 22.3 Å². The molecule has 0 radical (unpaired) electrons. The first-order valence-electron chi connectivity index (χ1n) is 9.64. The van der Waals surface area contributed by atoms with E-state index in [-0.39, 0.29) is 24.3 Å². The Morgan fingerprint density at radius 2 is 1.12 bits per heavy atom. The number of nitrogens with two attached hydrogens (primary N) is 2. The van der Waals surface area contributed by atoms with Gasteiger partial charge < -0.3 is 20.9 Å². The molecule has 4 rings (SSSR count).